The fraction of sp³-hybridized carbons (Fsp3) is 0. The van der Waals surface area contributed by atoms with Gasteiger partial charge in [0.15, 0.2) is 0 Å². The smallest absolute Gasteiger partial charge is 0.0640 e. The summed E-state index contributed by atoms with van der Waals surface area (Å²) in [5.41, 5.74) is 17.1. The van der Waals surface area contributed by atoms with Crippen LogP contribution < -0.4 is 14.7 Å². The van der Waals surface area contributed by atoms with E-state index in [0.29, 0.717) is 0 Å². The Balaban J connectivity index is 0.900. The van der Waals surface area contributed by atoms with Gasteiger partial charge in [-0.1, -0.05) is 188 Å². The van der Waals surface area contributed by atoms with Crippen LogP contribution in [0.25, 0.3) is 73.7 Å². The van der Waals surface area contributed by atoms with E-state index in [1.807, 2.05) is 22.7 Å². The minimum absolute atomic E-state index is 1.08. The molecule has 2 aromatic heterocycles. The number of nitrogens with zero attached hydrogens (tertiary/aromatic N) is 3. The molecule has 0 aliphatic carbocycles. The van der Waals surface area contributed by atoms with E-state index in [1.54, 1.807) is 0 Å². The Morgan fingerprint density at radius 3 is 1.23 bits per heavy atom. The molecule has 77 heavy (non-hydrogen) atoms. The summed E-state index contributed by atoms with van der Waals surface area (Å²) in [5, 5.41) is 5.07. The van der Waals surface area contributed by atoms with Crippen molar-refractivity contribution in [1.82, 2.24) is 0 Å². The average Bonchev–Trinajstić information content (AvgIpc) is 4.11. The SMILES string of the molecule is c1ccc(-c2ccc(N(c3ccc4c(c3)sc3ccccc34)c3ccc(-c4ccccc4)c4c3sc3cc(N(c5ccccc5)c5ccc(-c6cccc(N(c7ccccc7)c7ccccc7)c6)cc5)ccc34)cc2)cc1. The number of para-hydroxylation sites is 3. The second-order valence-corrected chi connectivity index (χ2v) is 21.4. The van der Waals surface area contributed by atoms with Gasteiger partial charge in [-0.05, 0) is 143 Å². The van der Waals surface area contributed by atoms with Crippen molar-refractivity contribution in [2.24, 2.45) is 0 Å². The number of rotatable bonds is 12. The topological polar surface area (TPSA) is 9.72 Å². The zero-order valence-corrected chi connectivity index (χ0v) is 43.6. The summed E-state index contributed by atoms with van der Waals surface area (Å²) >= 11 is 3.73. The van der Waals surface area contributed by atoms with Crippen LogP contribution in [0.15, 0.2) is 297 Å². The first-order valence-corrected chi connectivity index (χ1v) is 27.7. The van der Waals surface area contributed by atoms with Crippen LogP contribution in [0.1, 0.15) is 0 Å². The van der Waals surface area contributed by atoms with E-state index in [2.05, 4.69) is 312 Å². The summed E-state index contributed by atoms with van der Waals surface area (Å²) in [6.07, 6.45) is 0. The molecule has 0 radical (unpaired) electrons. The van der Waals surface area contributed by atoms with Gasteiger partial charge in [-0.3, -0.25) is 0 Å². The third kappa shape index (κ3) is 8.68. The zero-order chi connectivity index (χ0) is 51.1. The second-order valence-electron chi connectivity index (χ2n) is 19.3. The highest BCUT2D eigenvalue weighted by Crippen LogP contribution is 2.51. The van der Waals surface area contributed by atoms with Gasteiger partial charge in [0.05, 0.1) is 10.4 Å². The lowest BCUT2D eigenvalue weighted by atomic mass is 9.98. The molecule has 0 unspecified atom stereocenters. The molecule has 0 bridgehead atoms. The molecule has 364 valence electrons. The molecule has 0 N–H and O–H groups in total. The highest BCUT2D eigenvalue weighted by Gasteiger charge is 2.24. The van der Waals surface area contributed by atoms with Crippen LogP contribution in [-0.4, -0.2) is 0 Å². The van der Waals surface area contributed by atoms with Gasteiger partial charge in [0, 0.05) is 81.1 Å². The summed E-state index contributed by atoms with van der Waals surface area (Å²) < 4.78 is 5.03. The van der Waals surface area contributed by atoms with Crippen molar-refractivity contribution in [3.05, 3.63) is 297 Å². The van der Waals surface area contributed by atoms with Gasteiger partial charge >= 0.3 is 0 Å². The molecule has 14 aromatic rings. The van der Waals surface area contributed by atoms with E-state index >= 15 is 0 Å². The normalized spacial score (nSPS) is 11.4. The molecule has 0 saturated carbocycles. The summed E-state index contributed by atoms with van der Waals surface area (Å²) in [4.78, 5) is 7.17. The van der Waals surface area contributed by atoms with Gasteiger partial charge in [0.2, 0.25) is 0 Å². The van der Waals surface area contributed by atoms with Gasteiger partial charge in [0.1, 0.15) is 0 Å². The lowest BCUT2D eigenvalue weighted by Gasteiger charge is -2.27. The van der Waals surface area contributed by atoms with E-state index in [1.165, 1.54) is 62.6 Å². The number of thiophene rings is 2. The molecule has 0 amide bonds. The number of anilines is 9. The summed E-state index contributed by atoms with van der Waals surface area (Å²) in [5.74, 6) is 0. The van der Waals surface area contributed by atoms with Crippen molar-refractivity contribution in [2.75, 3.05) is 14.7 Å². The van der Waals surface area contributed by atoms with Crippen LogP contribution >= 0.6 is 22.7 Å². The first-order chi connectivity index (χ1) is 38.2. The van der Waals surface area contributed by atoms with Crippen LogP contribution in [0.2, 0.25) is 0 Å². The third-order valence-corrected chi connectivity index (χ3v) is 16.9. The number of hydrogen-bond acceptors (Lipinski definition) is 5. The van der Waals surface area contributed by atoms with Crippen LogP contribution in [0, 0.1) is 0 Å². The fourth-order valence-electron chi connectivity index (χ4n) is 11.0. The lowest BCUT2D eigenvalue weighted by Crippen LogP contribution is -2.10. The monoisotopic (exact) mass is 1020 g/mol. The molecule has 2 heterocycles. The molecule has 0 aliphatic rings. The molecule has 0 atom stereocenters. The number of hydrogen-bond donors (Lipinski definition) is 0. The van der Waals surface area contributed by atoms with Crippen LogP contribution in [0.3, 0.4) is 0 Å². The Morgan fingerprint density at radius 2 is 0.623 bits per heavy atom. The lowest BCUT2D eigenvalue weighted by molar-refractivity contribution is 1.28. The molecular weight excluding hydrogens is 971 g/mol. The minimum Gasteiger partial charge on any atom is -0.310 e. The van der Waals surface area contributed by atoms with E-state index < -0.39 is 0 Å². The summed E-state index contributed by atoms with van der Waals surface area (Å²) in [7, 11) is 0. The van der Waals surface area contributed by atoms with E-state index in [4.69, 9.17) is 0 Å². The van der Waals surface area contributed by atoms with Crippen LogP contribution in [0.4, 0.5) is 51.2 Å². The Hall–Kier alpha value is -9.52. The Kier molecular flexibility index (Phi) is 11.9. The predicted octanol–water partition coefficient (Wildman–Crippen LogP) is 21.8. The van der Waals surface area contributed by atoms with Gasteiger partial charge in [0.25, 0.3) is 0 Å². The maximum atomic E-state index is 2.47. The average molecular weight is 1020 g/mol. The van der Waals surface area contributed by atoms with Gasteiger partial charge in [-0.2, -0.15) is 0 Å². The van der Waals surface area contributed by atoms with E-state index in [0.717, 1.165) is 62.3 Å². The Labute approximate surface area is 456 Å². The van der Waals surface area contributed by atoms with Crippen molar-refractivity contribution < 1.29 is 0 Å². The standard InChI is InChI=1S/C72H49N3S2/c1-6-19-50(20-7-1)51-33-39-59(40-34-51)75(62-41-43-65-64-31-16-17-32-68(64)76-69(65)49-62)67-46-45-63(53-21-8-2-9-22-53)71-66-44-42-61(48-70(66)77-72(67)71)74(57-28-14-5-15-29-57)58-37-35-52(36-38-58)54-23-18-30-60(47-54)73(55-24-10-3-11-25-55)56-26-12-4-13-27-56/h1-49H. The van der Waals surface area contributed by atoms with Crippen molar-refractivity contribution >= 4 is 114 Å². The Morgan fingerprint density at radius 1 is 0.221 bits per heavy atom. The maximum absolute atomic E-state index is 2.47. The predicted molar refractivity (Wildman–Crippen MR) is 333 cm³/mol. The minimum atomic E-state index is 1.08. The quantitative estimate of drug-likeness (QED) is 0.121. The largest absolute Gasteiger partial charge is 0.310 e. The summed E-state index contributed by atoms with van der Waals surface area (Å²) in [6.45, 7) is 0. The second kappa shape index (κ2) is 20.0. The molecular formula is C72H49N3S2. The van der Waals surface area contributed by atoms with Crippen molar-refractivity contribution in [1.29, 1.82) is 0 Å². The Bertz CT molecular complexity index is 4330. The van der Waals surface area contributed by atoms with Crippen LogP contribution in [0.5, 0.6) is 0 Å². The molecule has 0 saturated heterocycles. The van der Waals surface area contributed by atoms with E-state index in [9.17, 15) is 0 Å². The molecule has 0 spiro atoms. The maximum Gasteiger partial charge on any atom is 0.0640 e. The molecule has 12 aromatic carbocycles. The molecule has 0 aliphatic heterocycles. The van der Waals surface area contributed by atoms with Crippen LogP contribution in [-0.2, 0) is 0 Å². The van der Waals surface area contributed by atoms with Crippen molar-refractivity contribution in [2.45, 2.75) is 0 Å². The molecule has 0 fully saturated rings. The zero-order valence-electron chi connectivity index (χ0n) is 41.9. The molecule has 5 heteroatoms. The fourth-order valence-corrected chi connectivity index (χ4v) is 13.4. The molecule has 3 nitrogen and oxygen atoms in total. The van der Waals surface area contributed by atoms with E-state index in [-0.39, 0.29) is 0 Å². The van der Waals surface area contributed by atoms with Crippen molar-refractivity contribution in [3.8, 4) is 33.4 Å². The van der Waals surface area contributed by atoms with Gasteiger partial charge in [-0.15, -0.1) is 22.7 Å². The first-order valence-electron chi connectivity index (χ1n) is 26.1. The van der Waals surface area contributed by atoms with Gasteiger partial charge < -0.3 is 14.7 Å². The third-order valence-electron chi connectivity index (χ3n) is 14.6. The van der Waals surface area contributed by atoms with Gasteiger partial charge in [-0.25, -0.2) is 0 Å². The number of benzene rings is 12. The first kappa shape index (κ1) is 46.0. The van der Waals surface area contributed by atoms with Crippen molar-refractivity contribution in [3.63, 3.8) is 0 Å². The highest BCUT2D eigenvalue weighted by atomic mass is 32.1. The summed E-state index contributed by atoms with van der Waals surface area (Å²) in [6, 6.07) is 108. The highest BCUT2D eigenvalue weighted by molar-refractivity contribution is 7.26. The molecule has 14 rings (SSSR count). The number of fused-ring (bicyclic) bond motifs is 6.